The highest BCUT2D eigenvalue weighted by atomic mass is 32.2. The summed E-state index contributed by atoms with van der Waals surface area (Å²) >= 11 is 1.45. The van der Waals surface area contributed by atoms with E-state index in [0.29, 0.717) is 36.6 Å². The Kier molecular flexibility index (Phi) is 19.1. The summed E-state index contributed by atoms with van der Waals surface area (Å²) in [5, 5.41) is 5.66. The van der Waals surface area contributed by atoms with E-state index in [2.05, 4.69) is 57.6 Å². The van der Waals surface area contributed by atoms with Gasteiger partial charge in [0.15, 0.2) is 0 Å². The number of carbonyl (C=O) groups is 2. The summed E-state index contributed by atoms with van der Waals surface area (Å²) in [6.45, 7) is 19.5. The molecular formula is C51H70F3N7O6S3. The van der Waals surface area contributed by atoms with Crippen LogP contribution in [0.2, 0.25) is 0 Å². The van der Waals surface area contributed by atoms with Gasteiger partial charge in [0.1, 0.15) is 4.90 Å². The molecule has 2 heterocycles. The molecule has 3 aromatic rings. The van der Waals surface area contributed by atoms with Gasteiger partial charge in [-0.1, -0.05) is 48.8 Å². The number of anilines is 2. The molecule has 384 valence electrons. The number of thioether (sulfide) groups is 1. The smallest absolute Gasteiger partial charge is 0.380 e. The number of nitrogens with zero attached hydrogens (tertiary/aromatic N) is 4. The number of halogens is 3. The third-order valence-corrected chi connectivity index (χ3v) is 17.5. The van der Waals surface area contributed by atoms with Crippen LogP contribution < -0.4 is 20.3 Å². The molecule has 13 nitrogen and oxygen atoms in total. The van der Waals surface area contributed by atoms with E-state index in [1.165, 1.54) is 35.9 Å². The molecule has 2 aliphatic heterocycles. The van der Waals surface area contributed by atoms with E-state index in [0.717, 1.165) is 120 Å². The molecule has 0 aromatic heterocycles. The fraction of sp³-hybridized carbons (Fsp3) is 0.529. The van der Waals surface area contributed by atoms with Gasteiger partial charge in [-0.3, -0.25) is 14.5 Å². The van der Waals surface area contributed by atoms with Crippen molar-refractivity contribution in [2.75, 3.05) is 95.0 Å². The van der Waals surface area contributed by atoms with Crippen LogP contribution in [0.4, 0.5) is 24.5 Å². The van der Waals surface area contributed by atoms with Crippen molar-refractivity contribution < 1.29 is 39.6 Å². The van der Waals surface area contributed by atoms with E-state index in [1.807, 2.05) is 35.1 Å². The lowest BCUT2D eigenvalue weighted by Gasteiger charge is -2.39. The number of sulfonamides is 1. The average molecular weight is 1030 g/mol. The van der Waals surface area contributed by atoms with Crippen molar-refractivity contribution in [1.82, 2.24) is 24.7 Å². The fourth-order valence-corrected chi connectivity index (χ4v) is 12.2. The summed E-state index contributed by atoms with van der Waals surface area (Å²) in [5.74, 6) is -0.671. The third kappa shape index (κ3) is 15.6. The Balaban J connectivity index is 1.11. The molecule has 0 saturated carbocycles. The summed E-state index contributed by atoms with van der Waals surface area (Å²) < 4.78 is 98.5. The number of benzene rings is 3. The topological polar surface area (TPSA) is 151 Å². The van der Waals surface area contributed by atoms with Crippen molar-refractivity contribution in [2.45, 2.75) is 98.4 Å². The van der Waals surface area contributed by atoms with E-state index >= 15 is 0 Å². The van der Waals surface area contributed by atoms with Crippen molar-refractivity contribution in [3.05, 3.63) is 102 Å². The van der Waals surface area contributed by atoms with Crippen LogP contribution in [0.5, 0.6) is 0 Å². The Morgan fingerprint density at radius 1 is 0.829 bits per heavy atom. The highest BCUT2D eigenvalue weighted by Gasteiger charge is 2.48. The highest BCUT2D eigenvalue weighted by molar-refractivity contribution is 7.99. The average Bonchev–Trinajstić information content (AvgIpc) is 3.32. The first-order valence-corrected chi connectivity index (χ1v) is 28.1. The summed E-state index contributed by atoms with van der Waals surface area (Å²) in [7, 11) is -9.32. The zero-order chi connectivity index (χ0) is 50.7. The molecule has 0 unspecified atom stereocenters. The number of allylic oxidation sites excluding steroid dienone is 2. The molecule has 0 radical (unpaired) electrons. The highest BCUT2D eigenvalue weighted by Crippen LogP contribution is 2.41. The zero-order valence-electron chi connectivity index (χ0n) is 41.0. The summed E-state index contributed by atoms with van der Waals surface area (Å²) in [6, 6.07) is 17.8. The molecule has 1 aliphatic carbocycles. The summed E-state index contributed by atoms with van der Waals surface area (Å²) in [4.78, 5) is 33.1. The molecule has 70 heavy (non-hydrogen) atoms. The van der Waals surface area contributed by atoms with Crippen molar-refractivity contribution in [3.8, 4) is 0 Å². The van der Waals surface area contributed by atoms with Crippen LogP contribution in [-0.2, 0) is 24.7 Å². The second-order valence-corrected chi connectivity index (χ2v) is 24.3. The molecule has 2 saturated heterocycles. The first-order chi connectivity index (χ1) is 33.1. The van der Waals surface area contributed by atoms with Crippen molar-refractivity contribution in [2.24, 2.45) is 5.41 Å². The van der Waals surface area contributed by atoms with Crippen LogP contribution in [-0.4, -0.2) is 140 Å². The van der Waals surface area contributed by atoms with Crippen molar-refractivity contribution in [1.29, 1.82) is 0 Å². The molecule has 2 amide bonds. The lowest BCUT2D eigenvalue weighted by Crippen LogP contribution is -2.47. The molecule has 3 aliphatic rings. The predicted molar refractivity (Wildman–Crippen MR) is 274 cm³/mol. The van der Waals surface area contributed by atoms with Gasteiger partial charge < -0.3 is 25.3 Å². The van der Waals surface area contributed by atoms with Crippen LogP contribution in [0.3, 0.4) is 0 Å². The molecule has 1 atom stereocenters. The van der Waals surface area contributed by atoms with E-state index in [9.17, 15) is 39.6 Å². The van der Waals surface area contributed by atoms with Gasteiger partial charge in [-0.05, 0) is 118 Å². The largest absolute Gasteiger partial charge is 0.501 e. The van der Waals surface area contributed by atoms with Crippen LogP contribution >= 0.6 is 11.8 Å². The normalized spacial score (nSPS) is 18.1. The lowest BCUT2D eigenvalue weighted by molar-refractivity contribution is -0.120. The second-order valence-electron chi connectivity index (χ2n) is 19.6. The van der Waals surface area contributed by atoms with Gasteiger partial charge in [-0.15, -0.1) is 18.3 Å². The predicted octanol–water partition coefficient (Wildman–Crippen LogP) is 8.19. The van der Waals surface area contributed by atoms with Gasteiger partial charge >= 0.3 is 5.51 Å². The van der Waals surface area contributed by atoms with Gasteiger partial charge in [0, 0.05) is 107 Å². The Labute approximate surface area is 417 Å². The van der Waals surface area contributed by atoms with E-state index in [1.54, 1.807) is 30.3 Å². The molecular weight excluding hydrogens is 960 g/mol. The maximum atomic E-state index is 14.3. The minimum absolute atomic E-state index is 0.00280. The third-order valence-electron chi connectivity index (χ3n) is 13.5. The van der Waals surface area contributed by atoms with Gasteiger partial charge in [0.05, 0.1) is 10.6 Å². The molecule has 6 rings (SSSR count). The van der Waals surface area contributed by atoms with Crippen molar-refractivity contribution >= 4 is 54.8 Å². The Morgan fingerprint density at radius 2 is 1.47 bits per heavy atom. The van der Waals surface area contributed by atoms with Crippen LogP contribution in [0.25, 0.3) is 0 Å². The maximum absolute atomic E-state index is 14.3. The molecule has 2 fully saturated rings. The molecule has 0 spiro atoms. The molecule has 19 heteroatoms. The standard InChI is InChI=1S/C51H70F3N7O6S3/c1-38(2)13-14-40-35-50(3,4)23-21-41(40)36-60-30-32-61(33-31-60)43-17-15-39(16-18-43)49(63)57-70(66,67)45-19-20-46(47(34-45)69(64,65)51(52,53)54)56-42(37-68-44-10-7-6-8-11-44)22-25-59-28-26-58(27-29-59)24-9-12-48(62)55-5/h6-8,10-11,15-20,34,42,56H,1,9,12-14,21-33,35-37H2,2-5H3,(H,55,62)(H,57,63)/t42-/m1/s1. The number of rotatable bonds is 22. The van der Waals surface area contributed by atoms with Gasteiger partial charge in [-0.25, -0.2) is 21.6 Å². The first-order valence-electron chi connectivity index (χ1n) is 24.2. The first kappa shape index (κ1) is 54.9. The van der Waals surface area contributed by atoms with Gasteiger partial charge in [0.2, 0.25) is 5.91 Å². The monoisotopic (exact) mass is 1030 g/mol. The minimum Gasteiger partial charge on any atom is -0.380 e. The van der Waals surface area contributed by atoms with Gasteiger partial charge in [0.25, 0.3) is 25.8 Å². The Morgan fingerprint density at radius 3 is 2.10 bits per heavy atom. The second kappa shape index (κ2) is 24.3. The van der Waals surface area contributed by atoms with Crippen molar-refractivity contribution in [3.63, 3.8) is 0 Å². The van der Waals surface area contributed by atoms with E-state index < -0.39 is 52.8 Å². The van der Waals surface area contributed by atoms with E-state index in [-0.39, 0.29) is 11.5 Å². The summed E-state index contributed by atoms with van der Waals surface area (Å²) in [6.07, 6.45) is 7.06. The Bertz CT molecular complexity index is 2530. The number of carbonyl (C=O) groups excluding carboxylic acids is 2. The number of piperazine rings is 2. The number of sulfone groups is 1. The Hall–Kier alpha value is -4.40. The molecule has 0 bridgehead atoms. The number of alkyl halides is 3. The maximum Gasteiger partial charge on any atom is 0.501 e. The fourth-order valence-electron chi connectivity index (χ4n) is 9.20. The number of hydrogen-bond donors (Lipinski definition) is 3. The zero-order valence-corrected chi connectivity index (χ0v) is 43.4. The van der Waals surface area contributed by atoms with Crippen LogP contribution in [0.1, 0.15) is 82.5 Å². The number of hydrogen-bond acceptors (Lipinski definition) is 12. The molecule has 3 N–H and O–H groups in total. The van der Waals surface area contributed by atoms with Gasteiger partial charge in [-0.2, -0.15) is 13.2 Å². The van der Waals surface area contributed by atoms with Crippen LogP contribution in [0.15, 0.2) is 111 Å². The summed E-state index contributed by atoms with van der Waals surface area (Å²) in [5.41, 5.74) is -0.680. The lowest BCUT2D eigenvalue weighted by atomic mass is 9.73. The van der Waals surface area contributed by atoms with Crippen LogP contribution in [0, 0.1) is 5.41 Å². The minimum atomic E-state index is -6.08. The quantitative estimate of drug-likeness (QED) is 0.0658. The SMILES string of the molecule is C=C(C)CCC1=C(CN2CCN(c3ccc(C(=O)NS(=O)(=O)c4ccc(N[C@H](CCN5CCN(CCCC(=O)NC)CC5)CSc5ccccc5)c(S(=O)(=O)C(F)(F)F)c4)cc3)CC2)CCC(C)(C)C1. The van der Waals surface area contributed by atoms with E-state index in [4.69, 9.17) is 0 Å². The molecule has 3 aromatic carbocycles. The number of nitrogens with one attached hydrogen (secondary N) is 3. The number of amides is 2.